The van der Waals surface area contributed by atoms with Crippen LogP contribution < -0.4 is 0 Å². The zero-order chi connectivity index (χ0) is 47.9. The Kier molecular flexibility index (Phi) is 16.9. The number of carbonyl (C=O) groups excluding carboxylic acids is 1. The summed E-state index contributed by atoms with van der Waals surface area (Å²) in [4.78, 5) is 15.0. The predicted molar refractivity (Wildman–Crippen MR) is 263 cm³/mol. The van der Waals surface area contributed by atoms with E-state index in [-0.39, 0.29) is 5.97 Å². The molecule has 0 amide bonds. The Bertz CT molecular complexity index is 1730. The lowest BCUT2D eigenvalue weighted by Gasteiger charge is -2.60. The number of nitrogens with zero attached hydrogens (tertiary/aromatic N) is 1. The molecule has 15 atom stereocenters. The van der Waals surface area contributed by atoms with Crippen LogP contribution in [0.5, 0.6) is 0 Å². The van der Waals surface area contributed by atoms with Gasteiger partial charge in [-0.25, -0.2) is 6.57 Å². The van der Waals surface area contributed by atoms with Crippen LogP contribution in [-0.4, -0.2) is 63.8 Å². The smallest absolute Gasteiger partial charge is 0.306 e. The van der Waals surface area contributed by atoms with Gasteiger partial charge in [-0.1, -0.05) is 69.2 Å². The Hall–Kier alpha value is -1.21. The summed E-state index contributed by atoms with van der Waals surface area (Å²) >= 11 is 0. The zero-order valence-electron chi connectivity index (χ0n) is 43.5. The molecule has 15 saturated carbocycles. The number of aliphatic hydroxyl groups is 2. The third-order valence-electron chi connectivity index (χ3n) is 22.3. The molecule has 5 unspecified atom stereocenters. The first-order valence-corrected chi connectivity index (χ1v) is 28.7. The van der Waals surface area contributed by atoms with Gasteiger partial charge in [-0.05, 0) is 220 Å². The van der Waals surface area contributed by atoms with Crippen LogP contribution in [-0.2, 0) is 23.8 Å². The SMILES string of the molecule is CC1(C)[C@@H]2CCC(CCO)[C@H]1C2.CC1(C)[C@@H]2CCC(CO)[C@H]1C2.CC1(C)[C@@H]2CCC(COS(C)(=O)=O)[C@H]1C2.CCOC(=O)CC1CC[C@@H]2C[C@H]1C2(C)C.[C-]#[N+]CC1CC[C@@H]2C[C@H]1C2(C)C. The van der Waals surface area contributed by atoms with E-state index in [1.54, 1.807) is 0 Å². The van der Waals surface area contributed by atoms with Crippen molar-refractivity contribution in [3.8, 4) is 0 Å². The average Bonchev–Trinajstić information content (AvgIpc) is 3.26. The van der Waals surface area contributed by atoms with Crippen molar-refractivity contribution >= 4 is 16.1 Å². The first-order chi connectivity index (χ1) is 30.3. The Balaban J connectivity index is 0.000000135. The van der Waals surface area contributed by atoms with Crippen LogP contribution >= 0.6 is 0 Å². The van der Waals surface area contributed by atoms with Gasteiger partial charge in [0, 0.05) is 25.6 Å². The first kappa shape index (κ1) is 53.1. The fourth-order valence-electron chi connectivity index (χ4n) is 17.0. The summed E-state index contributed by atoms with van der Waals surface area (Å²) in [5, 5.41) is 18.0. The third-order valence-corrected chi connectivity index (χ3v) is 22.9. The maximum Gasteiger partial charge on any atom is 0.306 e. The van der Waals surface area contributed by atoms with E-state index in [0.717, 1.165) is 90.7 Å². The molecule has 0 aromatic carbocycles. The lowest BCUT2D eigenvalue weighted by atomic mass is 9.45. The second-order valence-electron chi connectivity index (χ2n) is 26.5. The minimum Gasteiger partial charge on any atom is -0.466 e. The van der Waals surface area contributed by atoms with Gasteiger partial charge in [0.2, 0.25) is 6.54 Å². The van der Waals surface area contributed by atoms with Crippen LogP contribution in [0.1, 0.15) is 185 Å². The topological polar surface area (TPSA) is 114 Å². The van der Waals surface area contributed by atoms with Crippen molar-refractivity contribution in [2.75, 3.05) is 39.2 Å². The molecule has 0 spiro atoms. The van der Waals surface area contributed by atoms with Crippen LogP contribution in [0.15, 0.2) is 0 Å². The summed E-state index contributed by atoms with van der Waals surface area (Å²) in [7, 11) is -3.27. The summed E-state index contributed by atoms with van der Waals surface area (Å²) in [5.74, 6) is 12.0. The fourth-order valence-corrected chi connectivity index (χ4v) is 17.4. The molecule has 0 radical (unpaired) electrons. The van der Waals surface area contributed by atoms with Gasteiger partial charge in [-0.2, -0.15) is 8.42 Å². The molecule has 374 valence electrons. The highest BCUT2D eigenvalue weighted by Gasteiger charge is 2.58. The quantitative estimate of drug-likeness (QED) is 0.127. The van der Waals surface area contributed by atoms with E-state index in [1.807, 2.05) is 6.92 Å². The van der Waals surface area contributed by atoms with Crippen molar-refractivity contribution in [3.63, 3.8) is 0 Å². The number of rotatable bonds is 10. The summed E-state index contributed by atoms with van der Waals surface area (Å²) in [6.45, 7) is 34.9. The average molecular weight is 928 g/mol. The van der Waals surface area contributed by atoms with Gasteiger partial charge in [0.25, 0.3) is 10.1 Å². The van der Waals surface area contributed by atoms with Gasteiger partial charge in [0.05, 0.1) is 19.5 Å². The zero-order valence-corrected chi connectivity index (χ0v) is 44.3. The van der Waals surface area contributed by atoms with Crippen LogP contribution in [0.25, 0.3) is 4.85 Å². The molecule has 15 aliphatic rings. The molecule has 2 N–H and O–H groups in total. The van der Waals surface area contributed by atoms with Crippen molar-refractivity contribution in [2.24, 2.45) is 116 Å². The Morgan fingerprint density at radius 3 is 1.28 bits per heavy atom. The first-order valence-electron chi connectivity index (χ1n) is 26.9. The van der Waals surface area contributed by atoms with E-state index in [0.29, 0.717) is 83.6 Å². The Morgan fingerprint density at radius 1 is 0.569 bits per heavy atom. The van der Waals surface area contributed by atoms with E-state index < -0.39 is 10.1 Å². The molecule has 8 nitrogen and oxygen atoms in total. The molecule has 65 heavy (non-hydrogen) atoms. The van der Waals surface area contributed by atoms with Crippen molar-refractivity contribution < 1.29 is 32.3 Å². The Morgan fingerprint density at radius 2 is 0.923 bits per heavy atom. The highest BCUT2D eigenvalue weighted by atomic mass is 32.2. The number of ether oxygens (including phenoxy) is 1. The highest BCUT2D eigenvalue weighted by molar-refractivity contribution is 7.85. The normalized spacial score (nSPS) is 41.3. The molecular weight excluding hydrogens is 831 g/mol. The van der Waals surface area contributed by atoms with Gasteiger partial charge in [0.15, 0.2) is 0 Å². The van der Waals surface area contributed by atoms with E-state index in [1.165, 1.54) is 89.9 Å². The van der Waals surface area contributed by atoms with Crippen molar-refractivity contribution in [1.29, 1.82) is 0 Å². The second-order valence-corrected chi connectivity index (χ2v) is 28.2. The number of esters is 1. The lowest BCUT2D eigenvalue weighted by Crippen LogP contribution is -2.53. The standard InChI is InChI=1S/C13H22O2.C11H17N.C11H20O3S.C11H20O.C10H18O/c1-4-15-12(14)7-9-5-6-10-8-11(9)13(10,2)3;1-11(2)9-5-4-8(7-12-3)10(11)6-9;1-11(2)9-5-4-8(10(11)6-9)7-14-15(3,12)13;1-11(2)9-4-3-8(5-6-12)10(11)7-9;1-10(2)8-4-3-7(6-11)9(10)5-8/h9-11H,4-8H2,1-3H3;8-10H,4-7H2,1-2H3;8-10H,4-7H2,1-3H3;8-10,12H,3-7H2,1-2H3;7-9,11H,3-6H2,1-2H3/t9?,10-,11-;3*8?,9-,10-;7?,8-,9-/m11111/s1. The highest BCUT2D eigenvalue weighted by Crippen LogP contribution is 2.65. The van der Waals surface area contributed by atoms with Gasteiger partial charge < -0.3 is 19.8 Å². The van der Waals surface area contributed by atoms with Crippen molar-refractivity contribution in [1.82, 2.24) is 0 Å². The molecule has 0 aromatic heterocycles. The summed E-state index contributed by atoms with van der Waals surface area (Å²) in [5.41, 5.74) is 2.59. The number of aliphatic hydroxyl groups excluding tert-OH is 2. The number of carbonyl (C=O) groups is 1. The van der Waals surface area contributed by atoms with Crippen molar-refractivity contribution in [2.45, 2.75) is 185 Å². The summed E-state index contributed by atoms with van der Waals surface area (Å²) < 4.78 is 31.8. The minimum absolute atomic E-state index is 0.00338. The van der Waals surface area contributed by atoms with Crippen LogP contribution in [0, 0.1) is 122 Å². The molecule has 9 heteroatoms. The second kappa shape index (κ2) is 20.6. The van der Waals surface area contributed by atoms with E-state index in [4.69, 9.17) is 25.7 Å². The number of hydrogen-bond donors (Lipinski definition) is 2. The number of hydrogen-bond acceptors (Lipinski definition) is 7. The van der Waals surface area contributed by atoms with Crippen LogP contribution in [0.2, 0.25) is 0 Å². The molecular formula is C56H97NO7S. The molecule has 0 aliphatic heterocycles. The van der Waals surface area contributed by atoms with Crippen molar-refractivity contribution in [3.05, 3.63) is 11.4 Å². The molecule has 10 bridgehead atoms. The molecule has 15 rings (SSSR count). The van der Waals surface area contributed by atoms with E-state index in [9.17, 15) is 13.2 Å². The Labute approximate surface area is 398 Å². The monoisotopic (exact) mass is 928 g/mol. The van der Waals surface area contributed by atoms with Gasteiger partial charge in [-0.15, -0.1) is 0 Å². The summed E-state index contributed by atoms with van der Waals surface area (Å²) in [6.07, 6.45) is 22.7. The van der Waals surface area contributed by atoms with Gasteiger partial charge in [-0.3, -0.25) is 8.98 Å². The van der Waals surface area contributed by atoms with Crippen LogP contribution in [0.3, 0.4) is 0 Å². The van der Waals surface area contributed by atoms with Gasteiger partial charge in [0.1, 0.15) is 0 Å². The van der Waals surface area contributed by atoms with Crippen LogP contribution in [0.4, 0.5) is 0 Å². The molecule has 15 aliphatic carbocycles. The van der Waals surface area contributed by atoms with E-state index >= 15 is 0 Å². The summed E-state index contributed by atoms with van der Waals surface area (Å²) in [6, 6.07) is 0. The van der Waals surface area contributed by atoms with Gasteiger partial charge >= 0.3 is 5.97 Å². The maximum atomic E-state index is 11.5. The molecule has 0 heterocycles. The molecule has 0 aromatic rings. The minimum atomic E-state index is -3.27. The molecule has 0 saturated heterocycles. The third kappa shape index (κ3) is 11.1. The van der Waals surface area contributed by atoms with E-state index in [2.05, 4.69) is 74.1 Å². The fraction of sp³-hybridized carbons (Fsp3) is 0.964. The lowest BCUT2D eigenvalue weighted by molar-refractivity contribution is -0.152. The maximum absolute atomic E-state index is 11.5. The predicted octanol–water partition coefficient (Wildman–Crippen LogP) is 12.5. The molecule has 15 fully saturated rings. The number of fused-ring (bicyclic) bond motifs is 10. The largest absolute Gasteiger partial charge is 0.466 e.